The van der Waals surface area contributed by atoms with Gasteiger partial charge in [0.25, 0.3) is 0 Å². The number of hydrogen-bond donors (Lipinski definition) is 0. The molecule has 0 unspecified atom stereocenters. The number of pyridine rings is 1. The van der Waals surface area contributed by atoms with Crippen LogP contribution in [0.15, 0.2) is 30.6 Å². The van der Waals surface area contributed by atoms with E-state index in [-0.39, 0.29) is 22.5 Å². The van der Waals surface area contributed by atoms with Gasteiger partial charge in [-0.1, -0.05) is 0 Å². The summed E-state index contributed by atoms with van der Waals surface area (Å²) >= 11 is 0. The van der Waals surface area contributed by atoms with Crippen molar-refractivity contribution in [1.82, 2.24) is 4.98 Å². The Labute approximate surface area is 101 Å². The minimum Gasteiger partial charge on any atom is -0.294 e. The van der Waals surface area contributed by atoms with E-state index >= 15 is 0 Å². The lowest BCUT2D eigenvalue weighted by atomic mass is 10.0. The third-order valence-corrected chi connectivity index (χ3v) is 2.49. The predicted octanol–water partition coefficient (Wildman–Crippen LogP) is 3.37. The van der Waals surface area contributed by atoms with Crippen molar-refractivity contribution >= 4 is 5.78 Å². The van der Waals surface area contributed by atoms with Crippen LogP contribution in [0.1, 0.15) is 17.3 Å². The molecule has 0 amide bonds. The second-order valence-electron chi connectivity index (χ2n) is 3.74. The summed E-state index contributed by atoms with van der Waals surface area (Å²) in [5, 5.41) is 0. The Morgan fingerprint density at radius 1 is 1.11 bits per heavy atom. The van der Waals surface area contributed by atoms with Crippen molar-refractivity contribution in [1.29, 1.82) is 0 Å². The fourth-order valence-electron chi connectivity index (χ4n) is 1.53. The van der Waals surface area contributed by atoms with E-state index in [1.165, 1.54) is 25.4 Å². The molecule has 5 heteroatoms. The van der Waals surface area contributed by atoms with Crippen molar-refractivity contribution in [2.75, 3.05) is 0 Å². The summed E-state index contributed by atoms with van der Waals surface area (Å²) < 4.78 is 39.5. The molecule has 0 fully saturated rings. The van der Waals surface area contributed by atoms with E-state index < -0.39 is 17.5 Å². The highest BCUT2D eigenvalue weighted by molar-refractivity contribution is 5.94. The van der Waals surface area contributed by atoms with Gasteiger partial charge in [0.1, 0.15) is 0 Å². The van der Waals surface area contributed by atoms with E-state index in [2.05, 4.69) is 4.98 Å². The molecular formula is C13H8F3NO. The van der Waals surface area contributed by atoms with Gasteiger partial charge in [-0.15, -0.1) is 0 Å². The average Bonchev–Trinajstić information content (AvgIpc) is 2.36. The monoisotopic (exact) mass is 251 g/mol. The number of halogens is 3. The lowest BCUT2D eigenvalue weighted by Gasteiger charge is -2.05. The Morgan fingerprint density at radius 3 is 2.50 bits per heavy atom. The topological polar surface area (TPSA) is 30.0 Å². The van der Waals surface area contributed by atoms with Crippen LogP contribution in [0.3, 0.4) is 0 Å². The van der Waals surface area contributed by atoms with Crippen LogP contribution in [0.25, 0.3) is 11.1 Å². The highest BCUT2D eigenvalue weighted by Crippen LogP contribution is 2.25. The van der Waals surface area contributed by atoms with Crippen molar-refractivity contribution in [3.63, 3.8) is 0 Å². The fraction of sp³-hybridized carbons (Fsp3) is 0.0769. The van der Waals surface area contributed by atoms with Crippen LogP contribution in [-0.4, -0.2) is 10.8 Å². The van der Waals surface area contributed by atoms with Gasteiger partial charge < -0.3 is 0 Å². The van der Waals surface area contributed by atoms with Crippen molar-refractivity contribution in [3.05, 3.63) is 53.6 Å². The second kappa shape index (κ2) is 4.60. The zero-order valence-electron chi connectivity index (χ0n) is 9.38. The Hall–Kier alpha value is -2.17. The van der Waals surface area contributed by atoms with E-state index in [4.69, 9.17) is 0 Å². The summed E-state index contributed by atoms with van der Waals surface area (Å²) in [6.45, 7) is 1.34. The number of rotatable bonds is 2. The molecule has 2 nitrogen and oxygen atoms in total. The molecule has 0 N–H and O–H groups in total. The molecule has 0 saturated heterocycles. The lowest BCUT2D eigenvalue weighted by molar-refractivity contribution is 0.101. The number of nitrogens with zero attached hydrogens (tertiary/aromatic N) is 1. The average molecular weight is 251 g/mol. The molecule has 0 saturated carbocycles. The van der Waals surface area contributed by atoms with Gasteiger partial charge in [0, 0.05) is 29.1 Å². The summed E-state index contributed by atoms with van der Waals surface area (Å²) in [4.78, 5) is 14.9. The van der Waals surface area contributed by atoms with Gasteiger partial charge in [0.2, 0.25) is 0 Å². The molecule has 0 bridgehead atoms. The Balaban J connectivity index is 2.59. The molecule has 0 radical (unpaired) electrons. The van der Waals surface area contributed by atoms with Gasteiger partial charge in [-0.2, -0.15) is 0 Å². The van der Waals surface area contributed by atoms with Gasteiger partial charge in [-0.3, -0.25) is 9.78 Å². The molecule has 2 aromatic rings. The second-order valence-corrected chi connectivity index (χ2v) is 3.74. The third-order valence-electron chi connectivity index (χ3n) is 2.49. The Morgan fingerprint density at radius 2 is 1.83 bits per heavy atom. The van der Waals surface area contributed by atoms with Gasteiger partial charge in [0.15, 0.2) is 23.2 Å². The highest BCUT2D eigenvalue weighted by atomic mass is 19.2. The van der Waals surface area contributed by atoms with Crippen molar-refractivity contribution in [2.24, 2.45) is 0 Å². The van der Waals surface area contributed by atoms with Crippen LogP contribution >= 0.6 is 0 Å². The number of benzene rings is 1. The van der Waals surface area contributed by atoms with Crippen LogP contribution < -0.4 is 0 Å². The standard InChI is InChI=1S/C13H8F3NO/c1-7(18)8-4-9(6-17-5-8)10-2-3-11(14)13(16)12(10)15/h2-6H,1H3. The predicted molar refractivity (Wildman–Crippen MR) is 59.6 cm³/mol. The molecule has 92 valence electrons. The molecule has 1 aromatic heterocycles. The van der Waals surface area contributed by atoms with E-state index in [0.29, 0.717) is 0 Å². The van der Waals surface area contributed by atoms with Gasteiger partial charge >= 0.3 is 0 Å². The number of aromatic nitrogens is 1. The number of hydrogen-bond acceptors (Lipinski definition) is 2. The minimum atomic E-state index is -1.54. The quantitative estimate of drug-likeness (QED) is 0.605. The molecule has 0 aliphatic rings. The molecule has 1 aromatic carbocycles. The Kier molecular flexibility index (Phi) is 3.14. The number of carbonyl (C=O) groups excluding carboxylic acids is 1. The van der Waals surface area contributed by atoms with Crippen LogP contribution in [0.5, 0.6) is 0 Å². The van der Waals surface area contributed by atoms with Crippen molar-refractivity contribution in [3.8, 4) is 11.1 Å². The largest absolute Gasteiger partial charge is 0.294 e. The number of ketones is 1. The van der Waals surface area contributed by atoms with Gasteiger partial charge in [0.05, 0.1) is 0 Å². The van der Waals surface area contributed by atoms with Gasteiger partial charge in [-0.25, -0.2) is 13.2 Å². The van der Waals surface area contributed by atoms with E-state index in [1.807, 2.05) is 0 Å². The summed E-state index contributed by atoms with van der Waals surface area (Å²) in [7, 11) is 0. The minimum absolute atomic E-state index is 0.135. The zero-order valence-corrected chi connectivity index (χ0v) is 9.38. The molecule has 1 heterocycles. The molecule has 0 atom stereocenters. The smallest absolute Gasteiger partial charge is 0.195 e. The van der Waals surface area contributed by atoms with Crippen LogP contribution in [-0.2, 0) is 0 Å². The summed E-state index contributed by atoms with van der Waals surface area (Å²) in [6.07, 6.45) is 2.60. The molecule has 0 spiro atoms. The first-order valence-electron chi connectivity index (χ1n) is 5.10. The van der Waals surface area contributed by atoms with E-state index in [0.717, 1.165) is 12.1 Å². The maximum absolute atomic E-state index is 13.6. The number of carbonyl (C=O) groups is 1. The summed E-state index contributed by atoms with van der Waals surface area (Å²) in [6, 6.07) is 3.31. The number of Topliss-reactive ketones (excluding diaryl/α,β-unsaturated/α-hetero) is 1. The molecule has 0 aliphatic heterocycles. The van der Waals surface area contributed by atoms with E-state index in [1.54, 1.807) is 0 Å². The first-order valence-corrected chi connectivity index (χ1v) is 5.10. The summed E-state index contributed by atoms with van der Waals surface area (Å²) in [5.74, 6) is -4.34. The normalized spacial score (nSPS) is 10.4. The first-order chi connectivity index (χ1) is 8.50. The van der Waals surface area contributed by atoms with Crippen LogP contribution in [0.4, 0.5) is 13.2 Å². The maximum atomic E-state index is 13.6. The maximum Gasteiger partial charge on any atom is 0.195 e. The highest BCUT2D eigenvalue weighted by Gasteiger charge is 2.15. The lowest BCUT2D eigenvalue weighted by Crippen LogP contribution is -1.97. The van der Waals surface area contributed by atoms with Crippen LogP contribution in [0.2, 0.25) is 0 Å². The summed E-state index contributed by atoms with van der Waals surface area (Å²) in [5.41, 5.74) is 0.361. The molecule has 2 rings (SSSR count). The van der Waals surface area contributed by atoms with Crippen molar-refractivity contribution in [2.45, 2.75) is 6.92 Å². The van der Waals surface area contributed by atoms with Crippen LogP contribution in [0, 0.1) is 17.5 Å². The van der Waals surface area contributed by atoms with Gasteiger partial charge in [-0.05, 0) is 25.1 Å². The fourth-order valence-corrected chi connectivity index (χ4v) is 1.53. The van der Waals surface area contributed by atoms with Crippen molar-refractivity contribution < 1.29 is 18.0 Å². The molecular weight excluding hydrogens is 243 g/mol. The molecule has 0 aliphatic carbocycles. The first kappa shape index (κ1) is 12.3. The SMILES string of the molecule is CC(=O)c1cncc(-c2ccc(F)c(F)c2F)c1. The van der Waals surface area contributed by atoms with E-state index in [9.17, 15) is 18.0 Å². The zero-order chi connectivity index (χ0) is 13.3. The Bertz CT molecular complexity index is 626. The third kappa shape index (κ3) is 2.11. The molecule has 18 heavy (non-hydrogen) atoms.